The minimum Gasteiger partial charge on any atom is -0.339 e. The zero-order chi connectivity index (χ0) is 22.4. The molecule has 3 N–H and O–H groups in total. The number of nitrogens with zero attached hydrogens (tertiary/aromatic N) is 1. The minimum atomic E-state index is -1.85. The van der Waals surface area contributed by atoms with E-state index in [1.165, 1.54) is 6.08 Å². The molecule has 0 bridgehead atoms. The number of nitrogens with one attached hydrogen (secondary N) is 3. The molecule has 0 radical (unpaired) electrons. The van der Waals surface area contributed by atoms with Crippen molar-refractivity contribution in [3.8, 4) is 0 Å². The molecule has 1 heterocycles. The number of rotatable bonds is 5. The van der Waals surface area contributed by atoms with Crippen LogP contribution in [0.1, 0.15) is 11.1 Å². The van der Waals surface area contributed by atoms with Gasteiger partial charge in [0.25, 0.3) is 0 Å². The molecule has 0 aliphatic carbocycles. The SMILES string of the molecule is Cc1cccc(/C=C/C(=O)NC(NC(=S)Nc2cccc3cccnc23)C(Cl)(Cl)Cl)c1. The third-order valence-corrected chi connectivity index (χ3v) is 5.11. The predicted octanol–water partition coefficient (Wildman–Crippen LogP) is 5.36. The van der Waals surface area contributed by atoms with Gasteiger partial charge in [-0.15, -0.1) is 0 Å². The summed E-state index contributed by atoms with van der Waals surface area (Å²) in [5, 5.41) is 9.61. The van der Waals surface area contributed by atoms with Crippen LogP contribution >= 0.6 is 47.0 Å². The number of para-hydroxylation sites is 1. The Balaban J connectivity index is 1.68. The van der Waals surface area contributed by atoms with Crippen LogP contribution in [0.15, 0.2) is 66.9 Å². The first-order chi connectivity index (χ1) is 14.7. The third kappa shape index (κ3) is 6.80. The first kappa shape index (κ1) is 23.3. The second-order valence-electron chi connectivity index (χ2n) is 6.71. The van der Waals surface area contributed by atoms with E-state index >= 15 is 0 Å². The van der Waals surface area contributed by atoms with Crippen LogP contribution in [0.3, 0.4) is 0 Å². The zero-order valence-corrected chi connectivity index (χ0v) is 19.5. The van der Waals surface area contributed by atoms with Crippen LogP contribution in [-0.2, 0) is 4.79 Å². The van der Waals surface area contributed by atoms with Gasteiger partial charge in [0.2, 0.25) is 9.70 Å². The van der Waals surface area contributed by atoms with Gasteiger partial charge in [0.05, 0.1) is 11.2 Å². The Kier molecular flexibility index (Phi) is 7.73. The normalized spacial score (nSPS) is 12.5. The summed E-state index contributed by atoms with van der Waals surface area (Å²) in [6, 6.07) is 17.1. The van der Waals surface area contributed by atoms with Gasteiger partial charge < -0.3 is 16.0 Å². The molecule has 1 unspecified atom stereocenters. The van der Waals surface area contributed by atoms with Gasteiger partial charge in [0.15, 0.2) is 5.11 Å². The molecule has 0 saturated carbocycles. The van der Waals surface area contributed by atoms with E-state index in [1.54, 1.807) is 12.3 Å². The van der Waals surface area contributed by atoms with Gasteiger partial charge in [0, 0.05) is 17.7 Å². The van der Waals surface area contributed by atoms with Crippen LogP contribution in [-0.4, -0.2) is 26.0 Å². The Hall–Kier alpha value is -2.38. The van der Waals surface area contributed by atoms with Crippen molar-refractivity contribution < 1.29 is 4.79 Å². The second kappa shape index (κ2) is 10.3. The minimum absolute atomic E-state index is 0.164. The highest BCUT2D eigenvalue weighted by atomic mass is 35.6. The van der Waals surface area contributed by atoms with Crippen LogP contribution in [0.5, 0.6) is 0 Å². The molecule has 3 rings (SSSR count). The Labute approximate surface area is 200 Å². The summed E-state index contributed by atoms with van der Waals surface area (Å²) in [6.07, 6.45) is 3.66. The number of fused-ring (bicyclic) bond motifs is 1. The van der Waals surface area contributed by atoms with Crippen LogP contribution < -0.4 is 16.0 Å². The summed E-state index contributed by atoms with van der Waals surface area (Å²) in [4.78, 5) is 16.7. The van der Waals surface area contributed by atoms with Crippen molar-refractivity contribution in [2.24, 2.45) is 0 Å². The fourth-order valence-electron chi connectivity index (χ4n) is 2.83. The quantitative estimate of drug-likeness (QED) is 0.193. The van der Waals surface area contributed by atoms with Crippen molar-refractivity contribution in [1.29, 1.82) is 0 Å². The molecule has 9 heteroatoms. The van der Waals surface area contributed by atoms with E-state index in [-0.39, 0.29) is 5.11 Å². The number of pyridine rings is 1. The molecule has 160 valence electrons. The number of alkyl halides is 3. The molecule has 0 aliphatic rings. The Bertz CT molecular complexity index is 1130. The second-order valence-corrected chi connectivity index (χ2v) is 9.49. The van der Waals surface area contributed by atoms with Gasteiger partial charge in [0.1, 0.15) is 6.17 Å². The van der Waals surface area contributed by atoms with Crippen molar-refractivity contribution in [3.63, 3.8) is 0 Å². The van der Waals surface area contributed by atoms with Crippen LogP contribution in [0, 0.1) is 6.92 Å². The van der Waals surface area contributed by atoms with E-state index in [4.69, 9.17) is 47.0 Å². The lowest BCUT2D eigenvalue weighted by Gasteiger charge is -2.27. The number of aromatic nitrogens is 1. The largest absolute Gasteiger partial charge is 0.339 e. The van der Waals surface area contributed by atoms with Crippen LogP contribution in [0.2, 0.25) is 0 Å². The summed E-state index contributed by atoms with van der Waals surface area (Å²) >= 11 is 23.5. The predicted molar refractivity (Wildman–Crippen MR) is 134 cm³/mol. The van der Waals surface area contributed by atoms with Gasteiger partial charge in [-0.25, -0.2) is 0 Å². The molecule has 5 nitrogen and oxygen atoms in total. The summed E-state index contributed by atoms with van der Waals surface area (Å²) in [5.41, 5.74) is 3.39. The number of amides is 1. The lowest BCUT2D eigenvalue weighted by Crippen LogP contribution is -2.55. The number of carbonyl (C=O) groups is 1. The molecule has 0 spiro atoms. The lowest BCUT2D eigenvalue weighted by atomic mass is 10.1. The number of hydrogen-bond donors (Lipinski definition) is 3. The fraction of sp³-hybridized carbons (Fsp3) is 0.136. The van der Waals surface area contributed by atoms with E-state index in [0.29, 0.717) is 5.69 Å². The van der Waals surface area contributed by atoms with Gasteiger partial charge in [-0.3, -0.25) is 9.78 Å². The molecule has 1 atom stereocenters. The average Bonchev–Trinajstić information content (AvgIpc) is 2.71. The van der Waals surface area contributed by atoms with Crippen LogP contribution in [0.25, 0.3) is 17.0 Å². The van der Waals surface area contributed by atoms with Gasteiger partial charge >= 0.3 is 0 Å². The molecule has 0 fully saturated rings. The van der Waals surface area contributed by atoms with Gasteiger partial charge in [-0.1, -0.05) is 82.8 Å². The Morgan fingerprint density at radius 2 is 1.84 bits per heavy atom. The third-order valence-electron chi connectivity index (χ3n) is 4.24. The lowest BCUT2D eigenvalue weighted by molar-refractivity contribution is -0.117. The number of aryl methyl sites for hydroxylation is 1. The van der Waals surface area contributed by atoms with E-state index < -0.39 is 15.9 Å². The topological polar surface area (TPSA) is 66.1 Å². The first-order valence-electron chi connectivity index (χ1n) is 9.25. The number of carbonyl (C=O) groups excluding carboxylic acids is 1. The number of benzene rings is 2. The summed E-state index contributed by atoms with van der Waals surface area (Å²) in [6.45, 7) is 1.97. The summed E-state index contributed by atoms with van der Waals surface area (Å²) in [7, 11) is 0. The molecule has 1 amide bonds. The average molecular weight is 494 g/mol. The molecule has 2 aromatic carbocycles. The van der Waals surface area contributed by atoms with Crippen molar-refractivity contribution in [1.82, 2.24) is 15.6 Å². The maximum atomic E-state index is 12.4. The van der Waals surface area contributed by atoms with Crippen molar-refractivity contribution in [3.05, 3.63) is 78.0 Å². The Morgan fingerprint density at radius 1 is 1.10 bits per heavy atom. The zero-order valence-electron chi connectivity index (χ0n) is 16.4. The molecule has 0 aliphatic heterocycles. The van der Waals surface area contributed by atoms with Gasteiger partial charge in [-0.05, 0) is 42.9 Å². The molecule has 3 aromatic rings. The smallest absolute Gasteiger partial charge is 0.245 e. The number of thiocarbonyl (C=S) groups is 1. The van der Waals surface area contributed by atoms with E-state index in [0.717, 1.165) is 22.0 Å². The summed E-state index contributed by atoms with van der Waals surface area (Å²) < 4.78 is -1.85. The Morgan fingerprint density at radius 3 is 2.58 bits per heavy atom. The highest BCUT2D eigenvalue weighted by molar-refractivity contribution is 7.80. The highest BCUT2D eigenvalue weighted by Gasteiger charge is 2.34. The number of halogens is 3. The van der Waals surface area contributed by atoms with E-state index in [2.05, 4.69) is 20.9 Å². The van der Waals surface area contributed by atoms with Crippen molar-refractivity contribution in [2.75, 3.05) is 5.32 Å². The number of anilines is 1. The van der Waals surface area contributed by atoms with Crippen molar-refractivity contribution in [2.45, 2.75) is 16.9 Å². The molecule has 0 saturated heterocycles. The maximum absolute atomic E-state index is 12.4. The number of hydrogen-bond acceptors (Lipinski definition) is 3. The molecular weight excluding hydrogens is 475 g/mol. The van der Waals surface area contributed by atoms with Crippen molar-refractivity contribution >= 4 is 80.7 Å². The highest BCUT2D eigenvalue weighted by Crippen LogP contribution is 2.29. The summed E-state index contributed by atoms with van der Waals surface area (Å²) in [5.74, 6) is -0.444. The maximum Gasteiger partial charge on any atom is 0.245 e. The monoisotopic (exact) mass is 492 g/mol. The fourth-order valence-corrected chi connectivity index (χ4v) is 3.39. The van der Waals surface area contributed by atoms with E-state index in [1.807, 2.05) is 61.5 Å². The first-order valence-corrected chi connectivity index (χ1v) is 10.8. The molecule has 31 heavy (non-hydrogen) atoms. The van der Waals surface area contributed by atoms with Gasteiger partial charge in [-0.2, -0.15) is 0 Å². The molecular formula is C22H19Cl3N4OS. The van der Waals surface area contributed by atoms with E-state index in [9.17, 15) is 4.79 Å². The standard InChI is InChI=1S/C22H19Cl3N4OS/c1-14-5-2-6-15(13-14)10-11-18(30)28-20(22(23,24)25)29-21(31)27-17-9-3-7-16-8-4-12-26-19(16)17/h2-13,20H,1H3,(H,28,30)(H2,27,29,31)/b11-10+. The van der Waals surface area contributed by atoms with Crippen LogP contribution in [0.4, 0.5) is 5.69 Å². The molecule has 1 aromatic heterocycles.